The number of pyridine rings is 1. The molecule has 1 saturated heterocycles. The van der Waals surface area contributed by atoms with Gasteiger partial charge >= 0.3 is 0 Å². The minimum absolute atomic E-state index is 0.723. The first kappa shape index (κ1) is 14.8. The molecule has 25 heavy (non-hydrogen) atoms. The average molecular weight is 330 g/mol. The maximum Gasteiger partial charge on any atom is 0.109 e. The SMILES string of the molecule is c1ccc(-c2cnc3n2C[C@H]2CN(Cc4cccnc4)C[C@@H]2C3)cc1. The number of aromatic nitrogens is 3. The lowest BCUT2D eigenvalue weighted by Crippen LogP contribution is -2.28. The van der Waals surface area contributed by atoms with Crippen molar-refractivity contribution in [2.24, 2.45) is 11.8 Å². The zero-order valence-electron chi connectivity index (χ0n) is 14.3. The number of benzene rings is 1. The van der Waals surface area contributed by atoms with Gasteiger partial charge in [0.25, 0.3) is 0 Å². The van der Waals surface area contributed by atoms with E-state index in [4.69, 9.17) is 4.98 Å². The first-order valence-electron chi connectivity index (χ1n) is 9.08. The molecule has 1 fully saturated rings. The van der Waals surface area contributed by atoms with Gasteiger partial charge in [0.1, 0.15) is 5.82 Å². The molecule has 0 N–H and O–H groups in total. The Morgan fingerprint density at radius 1 is 0.920 bits per heavy atom. The highest BCUT2D eigenvalue weighted by Gasteiger charge is 2.37. The summed E-state index contributed by atoms with van der Waals surface area (Å²) in [5.74, 6) is 2.71. The summed E-state index contributed by atoms with van der Waals surface area (Å²) in [5, 5.41) is 0. The van der Waals surface area contributed by atoms with E-state index < -0.39 is 0 Å². The fraction of sp³-hybridized carbons (Fsp3) is 0.333. The van der Waals surface area contributed by atoms with Crippen molar-refractivity contribution in [3.05, 3.63) is 72.4 Å². The molecule has 2 aliphatic rings. The van der Waals surface area contributed by atoms with Gasteiger partial charge in [-0.15, -0.1) is 0 Å². The Bertz CT molecular complexity index is 856. The van der Waals surface area contributed by atoms with Crippen molar-refractivity contribution in [1.29, 1.82) is 0 Å². The van der Waals surface area contributed by atoms with Crippen molar-refractivity contribution >= 4 is 0 Å². The maximum absolute atomic E-state index is 4.74. The number of fused-ring (bicyclic) bond motifs is 2. The Kier molecular flexibility index (Phi) is 3.63. The van der Waals surface area contributed by atoms with E-state index in [1.54, 1.807) is 0 Å². The summed E-state index contributed by atoms with van der Waals surface area (Å²) in [6.45, 7) is 4.45. The molecule has 0 aliphatic carbocycles. The van der Waals surface area contributed by atoms with E-state index in [1.165, 1.54) is 35.7 Å². The zero-order valence-corrected chi connectivity index (χ0v) is 14.3. The van der Waals surface area contributed by atoms with Gasteiger partial charge in [0.05, 0.1) is 11.9 Å². The normalized spacial score (nSPS) is 22.6. The predicted octanol–water partition coefficient (Wildman–Crippen LogP) is 3.25. The topological polar surface area (TPSA) is 34.0 Å². The summed E-state index contributed by atoms with van der Waals surface area (Å²) in [7, 11) is 0. The molecule has 0 spiro atoms. The van der Waals surface area contributed by atoms with Gasteiger partial charge in [-0.1, -0.05) is 36.4 Å². The second-order valence-electron chi connectivity index (χ2n) is 7.32. The molecule has 0 radical (unpaired) electrons. The Labute approximate surface area is 148 Å². The van der Waals surface area contributed by atoms with E-state index >= 15 is 0 Å². The Morgan fingerprint density at radius 2 is 1.80 bits per heavy atom. The zero-order chi connectivity index (χ0) is 16.6. The van der Waals surface area contributed by atoms with Gasteiger partial charge in [-0.3, -0.25) is 9.88 Å². The number of hydrogen-bond donors (Lipinski definition) is 0. The molecular weight excluding hydrogens is 308 g/mol. The highest BCUT2D eigenvalue weighted by molar-refractivity contribution is 5.59. The summed E-state index contributed by atoms with van der Waals surface area (Å²) in [6.07, 6.45) is 6.98. The minimum atomic E-state index is 0.723. The average Bonchev–Trinajstić information content (AvgIpc) is 3.24. The summed E-state index contributed by atoms with van der Waals surface area (Å²) in [4.78, 5) is 11.6. The van der Waals surface area contributed by atoms with E-state index in [9.17, 15) is 0 Å². The molecular formula is C21H22N4. The van der Waals surface area contributed by atoms with Crippen molar-refractivity contribution in [2.75, 3.05) is 13.1 Å². The molecule has 3 aromatic rings. The van der Waals surface area contributed by atoms with Crippen molar-refractivity contribution in [3.63, 3.8) is 0 Å². The van der Waals surface area contributed by atoms with Gasteiger partial charge in [-0.2, -0.15) is 0 Å². The van der Waals surface area contributed by atoms with Crippen LogP contribution in [0.25, 0.3) is 11.3 Å². The van der Waals surface area contributed by atoms with Gasteiger partial charge in [0, 0.05) is 45.0 Å². The van der Waals surface area contributed by atoms with Crippen molar-refractivity contribution < 1.29 is 0 Å². The summed E-state index contributed by atoms with van der Waals surface area (Å²) < 4.78 is 2.45. The van der Waals surface area contributed by atoms with Crippen LogP contribution in [0.4, 0.5) is 0 Å². The van der Waals surface area contributed by atoms with Gasteiger partial charge in [0.2, 0.25) is 0 Å². The van der Waals surface area contributed by atoms with E-state index in [-0.39, 0.29) is 0 Å². The molecule has 4 heteroatoms. The molecule has 0 unspecified atom stereocenters. The van der Waals surface area contributed by atoms with Crippen LogP contribution in [0, 0.1) is 11.8 Å². The lowest BCUT2D eigenvalue weighted by atomic mass is 9.89. The number of hydrogen-bond acceptors (Lipinski definition) is 3. The van der Waals surface area contributed by atoms with Crippen LogP contribution in [-0.2, 0) is 19.5 Å². The molecule has 2 aromatic heterocycles. The fourth-order valence-electron chi connectivity index (χ4n) is 4.44. The highest BCUT2D eigenvalue weighted by Crippen LogP contribution is 2.35. The predicted molar refractivity (Wildman–Crippen MR) is 97.9 cm³/mol. The third-order valence-electron chi connectivity index (χ3n) is 5.65. The monoisotopic (exact) mass is 330 g/mol. The van der Waals surface area contributed by atoms with Crippen LogP contribution in [0.1, 0.15) is 11.4 Å². The van der Waals surface area contributed by atoms with Crippen LogP contribution < -0.4 is 0 Å². The Balaban J connectivity index is 1.35. The molecule has 0 saturated carbocycles. The van der Waals surface area contributed by atoms with Crippen molar-refractivity contribution in [2.45, 2.75) is 19.5 Å². The van der Waals surface area contributed by atoms with Crippen LogP contribution in [0.15, 0.2) is 61.1 Å². The molecule has 0 amide bonds. The minimum Gasteiger partial charge on any atom is -0.328 e. The van der Waals surface area contributed by atoms with E-state index in [0.717, 1.165) is 31.3 Å². The maximum atomic E-state index is 4.74. The number of likely N-dealkylation sites (tertiary alicyclic amines) is 1. The van der Waals surface area contributed by atoms with Gasteiger partial charge in [-0.05, 0) is 29.0 Å². The molecule has 2 atom stereocenters. The Morgan fingerprint density at radius 3 is 2.64 bits per heavy atom. The van der Waals surface area contributed by atoms with Crippen LogP contribution in [0.5, 0.6) is 0 Å². The van der Waals surface area contributed by atoms with E-state index in [2.05, 4.69) is 57.0 Å². The van der Waals surface area contributed by atoms with Crippen LogP contribution >= 0.6 is 0 Å². The van der Waals surface area contributed by atoms with E-state index in [1.807, 2.05) is 18.5 Å². The highest BCUT2D eigenvalue weighted by atomic mass is 15.2. The van der Waals surface area contributed by atoms with Crippen LogP contribution in [0.2, 0.25) is 0 Å². The molecule has 126 valence electrons. The van der Waals surface area contributed by atoms with Gasteiger partial charge in [-0.25, -0.2) is 4.98 Å². The third-order valence-corrected chi connectivity index (χ3v) is 5.65. The smallest absolute Gasteiger partial charge is 0.109 e. The number of rotatable bonds is 3. The second kappa shape index (κ2) is 6.12. The largest absolute Gasteiger partial charge is 0.328 e. The molecule has 2 aliphatic heterocycles. The molecule has 4 heterocycles. The first-order chi connectivity index (χ1) is 12.4. The van der Waals surface area contributed by atoms with Crippen LogP contribution in [0.3, 0.4) is 0 Å². The van der Waals surface area contributed by atoms with Crippen molar-refractivity contribution in [3.8, 4) is 11.3 Å². The van der Waals surface area contributed by atoms with E-state index in [0.29, 0.717) is 0 Å². The molecule has 0 bridgehead atoms. The second-order valence-corrected chi connectivity index (χ2v) is 7.32. The fourth-order valence-corrected chi connectivity index (χ4v) is 4.44. The third kappa shape index (κ3) is 2.76. The summed E-state index contributed by atoms with van der Waals surface area (Å²) in [5.41, 5.74) is 3.84. The summed E-state index contributed by atoms with van der Waals surface area (Å²) in [6, 6.07) is 14.8. The standard InChI is InChI=1S/C21H22N4/c1-2-6-17(7-3-1)20-11-23-21-9-18-13-24(14-19(18)15-25(20)21)12-16-5-4-8-22-10-16/h1-8,10-11,18-19H,9,12-15H2/t18-,19+/m0/s1. The van der Waals surface area contributed by atoms with Gasteiger partial charge in [0.15, 0.2) is 0 Å². The number of nitrogens with zero attached hydrogens (tertiary/aromatic N) is 4. The number of imidazole rings is 1. The quantitative estimate of drug-likeness (QED) is 0.739. The Hall–Kier alpha value is -2.46. The first-order valence-corrected chi connectivity index (χ1v) is 9.08. The lowest BCUT2D eigenvalue weighted by Gasteiger charge is -2.27. The van der Waals surface area contributed by atoms with Crippen LogP contribution in [-0.4, -0.2) is 32.5 Å². The van der Waals surface area contributed by atoms with Crippen molar-refractivity contribution in [1.82, 2.24) is 19.4 Å². The molecule has 1 aromatic carbocycles. The molecule has 5 rings (SSSR count). The molecule has 4 nitrogen and oxygen atoms in total. The summed E-state index contributed by atoms with van der Waals surface area (Å²) >= 11 is 0. The van der Waals surface area contributed by atoms with Gasteiger partial charge < -0.3 is 4.57 Å². The lowest BCUT2D eigenvalue weighted by molar-refractivity contribution is 0.307.